The molecule has 0 unspecified atom stereocenters. The Morgan fingerprint density at radius 2 is 1.65 bits per heavy atom. The van der Waals surface area contributed by atoms with Gasteiger partial charge >= 0.3 is 0 Å². The topological polar surface area (TPSA) is 61.4 Å². The summed E-state index contributed by atoms with van der Waals surface area (Å²) in [7, 11) is 1.88. The predicted octanol–water partition coefficient (Wildman–Crippen LogP) is 3.20. The van der Waals surface area contributed by atoms with Crippen molar-refractivity contribution in [2.75, 3.05) is 25.5 Å². The number of nitrogens with one attached hydrogen (secondary N) is 2. The minimum Gasteiger partial charge on any atom is -0.346 e. The molecule has 2 aromatic rings. The van der Waals surface area contributed by atoms with Crippen molar-refractivity contribution < 1.29 is 9.59 Å². The Kier molecular flexibility index (Phi) is 7.81. The van der Waals surface area contributed by atoms with Crippen molar-refractivity contribution in [1.29, 1.82) is 0 Å². The normalized spacial score (nSPS) is 10.6. The molecule has 0 saturated heterocycles. The number of benzene rings is 2. The number of halogens is 1. The fourth-order valence-electron chi connectivity index (χ4n) is 2.48. The molecule has 0 saturated carbocycles. The van der Waals surface area contributed by atoms with E-state index in [2.05, 4.69) is 57.8 Å². The third kappa shape index (κ3) is 6.61. The Hall–Kier alpha value is -2.18. The number of amides is 2. The van der Waals surface area contributed by atoms with E-state index in [4.69, 9.17) is 0 Å². The lowest BCUT2D eigenvalue weighted by molar-refractivity contribution is -0.124. The molecule has 0 aromatic heterocycles. The Morgan fingerprint density at radius 1 is 1.00 bits per heavy atom. The Bertz CT molecular complexity index is 747. The van der Waals surface area contributed by atoms with Gasteiger partial charge in [0.2, 0.25) is 11.8 Å². The second-order valence-electron chi connectivity index (χ2n) is 6.15. The van der Waals surface area contributed by atoms with Gasteiger partial charge in [0, 0.05) is 11.0 Å². The van der Waals surface area contributed by atoms with Crippen LogP contribution in [0.5, 0.6) is 0 Å². The van der Waals surface area contributed by atoms with Crippen LogP contribution in [0.4, 0.5) is 5.69 Å². The first-order chi connectivity index (χ1) is 12.5. The fourth-order valence-corrected chi connectivity index (χ4v) is 2.87. The highest BCUT2D eigenvalue weighted by atomic mass is 79.9. The average molecular weight is 418 g/mol. The highest BCUT2D eigenvalue weighted by molar-refractivity contribution is 9.10. The number of rotatable bonds is 8. The van der Waals surface area contributed by atoms with E-state index in [-0.39, 0.29) is 24.9 Å². The number of nitrogens with zero attached hydrogens (tertiary/aromatic N) is 1. The van der Waals surface area contributed by atoms with Gasteiger partial charge in [0.15, 0.2) is 0 Å². The van der Waals surface area contributed by atoms with Crippen LogP contribution in [0.25, 0.3) is 0 Å². The van der Waals surface area contributed by atoms with Crippen molar-refractivity contribution in [3.05, 3.63) is 64.1 Å². The number of likely N-dealkylation sites (N-methyl/N-ethyl adjacent to an activating group) is 1. The fraction of sp³-hybridized carbons (Fsp3) is 0.300. The molecule has 2 amide bonds. The summed E-state index contributed by atoms with van der Waals surface area (Å²) in [5, 5.41) is 5.40. The van der Waals surface area contributed by atoms with Gasteiger partial charge in [0.25, 0.3) is 0 Å². The maximum Gasteiger partial charge on any atom is 0.243 e. The van der Waals surface area contributed by atoms with E-state index in [0.717, 1.165) is 16.5 Å². The van der Waals surface area contributed by atoms with Gasteiger partial charge in [-0.05, 0) is 52.7 Å². The highest BCUT2D eigenvalue weighted by Gasteiger charge is 2.10. The number of aryl methyl sites for hydroxylation is 1. The van der Waals surface area contributed by atoms with Gasteiger partial charge in [-0.15, -0.1) is 0 Å². The van der Waals surface area contributed by atoms with Crippen LogP contribution in [0.3, 0.4) is 0 Å². The first-order valence-corrected chi connectivity index (χ1v) is 9.34. The molecule has 2 aromatic carbocycles. The first-order valence-electron chi connectivity index (χ1n) is 8.55. The second kappa shape index (κ2) is 10.1. The molecule has 0 atom stereocenters. The molecule has 0 radical (unpaired) electrons. The largest absolute Gasteiger partial charge is 0.346 e. The lowest BCUT2D eigenvalue weighted by atomic mass is 10.1. The maximum absolute atomic E-state index is 12.0. The molecule has 0 spiro atoms. The Balaban J connectivity index is 1.73. The van der Waals surface area contributed by atoms with Crippen molar-refractivity contribution in [2.24, 2.45) is 0 Å². The molecule has 2 N–H and O–H groups in total. The number of para-hydroxylation sites is 1. The lowest BCUT2D eigenvalue weighted by Gasteiger charge is -2.16. The molecule has 0 aliphatic rings. The molecule has 6 heteroatoms. The molecule has 0 aliphatic heterocycles. The summed E-state index contributed by atoms with van der Waals surface area (Å²) < 4.78 is 0.800. The number of hydrogen-bond acceptors (Lipinski definition) is 3. The standard InChI is InChI=1S/C20H24BrN3O2/c1-3-15-8-10-16(11-9-15)13-24(2)14-20(26)22-12-19(25)23-18-7-5-4-6-17(18)21/h4-11H,3,12-14H2,1-2H3,(H,22,26)(H,23,25). The number of anilines is 1. The molecular formula is C20H24BrN3O2. The highest BCUT2D eigenvalue weighted by Crippen LogP contribution is 2.20. The zero-order chi connectivity index (χ0) is 18.9. The summed E-state index contributed by atoms with van der Waals surface area (Å²) in [6.45, 7) is 2.98. The molecule has 5 nitrogen and oxygen atoms in total. The van der Waals surface area contributed by atoms with Gasteiger partial charge in [0.1, 0.15) is 0 Å². The minimum atomic E-state index is -0.261. The van der Waals surface area contributed by atoms with Crippen LogP contribution in [0.2, 0.25) is 0 Å². The van der Waals surface area contributed by atoms with E-state index in [1.54, 1.807) is 6.07 Å². The van der Waals surface area contributed by atoms with E-state index in [9.17, 15) is 9.59 Å². The van der Waals surface area contributed by atoms with Crippen LogP contribution < -0.4 is 10.6 Å². The predicted molar refractivity (Wildman–Crippen MR) is 108 cm³/mol. The Labute approximate surface area is 162 Å². The van der Waals surface area contributed by atoms with E-state index < -0.39 is 0 Å². The van der Waals surface area contributed by atoms with Crippen LogP contribution in [-0.2, 0) is 22.6 Å². The quantitative estimate of drug-likeness (QED) is 0.692. The smallest absolute Gasteiger partial charge is 0.243 e. The van der Waals surface area contributed by atoms with Crippen molar-refractivity contribution in [3.63, 3.8) is 0 Å². The zero-order valence-electron chi connectivity index (χ0n) is 15.1. The lowest BCUT2D eigenvalue weighted by Crippen LogP contribution is -2.39. The van der Waals surface area contributed by atoms with Gasteiger partial charge in [-0.1, -0.05) is 43.3 Å². The van der Waals surface area contributed by atoms with E-state index in [1.165, 1.54) is 5.56 Å². The van der Waals surface area contributed by atoms with Gasteiger partial charge in [0.05, 0.1) is 18.8 Å². The van der Waals surface area contributed by atoms with Gasteiger partial charge in [-0.2, -0.15) is 0 Å². The van der Waals surface area contributed by atoms with Gasteiger partial charge < -0.3 is 10.6 Å². The van der Waals surface area contributed by atoms with Crippen molar-refractivity contribution >= 4 is 33.4 Å². The van der Waals surface area contributed by atoms with Gasteiger partial charge in [-0.3, -0.25) is 14.5 Å². The third-order valence-electron chi connectivity index (χ3n) is 3.89. The van der Waals surface area contributed by atoms with Crippen LogP contribution >= 0.6 is 15.9 Å². The van der Waals surface area contributed by atoms with Crippen molar-refractivity contribution in [2.45, 2.75) is 19.9 Å². The maximum atomic E-state index is 12.0. The van der Waals surface area contributed by atoms with Crippen molar-refractivity contribution in [1.82, 2.24) is 10.2 Å². The molecule has 26 heavy (non-hydrogen) atoms. The van der Waals surface area contributed by atoms with Crippen LogP contribution in [-0.4, -0.2) is 36.9 Å². The zero-order valence-corrected chi connectivity index (χ0v) is 16.7. The number of hydrogen-bond donors (Lipinski definition) is 2. The molecular weight excluding hydrogens is 394 g/mol. The summed E-state index contributed by atoms with van der Waals surface area (Å²) in [6, 6.07) is 15.7. The van der Waals surface area contributed by atoms with E-state index in [1.807, 2.05) is 30.1 Å². The van der Waals surface area contributed by atoms with E-state index >= 15 is 0 Å². The Morgan fingerprint density at radius 3 is 2.31 bits per heavy atom. The van der Waals surface area contributed by atoms with Crippen LogP contribution in [0.1, 0.15) is 18.1 Å². The summed E-state index contributed by atoms with van der Waals surface area (Å²) in [5.74, 6) is -0.442. The van der Waals surface area contributed by atoms with Crippen LogP contribution in [0.15, 0.2) is 53.0 Å². The molecule has 0 fully saturated rings. The summed E-state index contributed by atoms with van der Waals surface area (Å²) >= 11 is 3.37. The second-order valence-corrected chi connectivity index (χ2v) is 7.00. The van der Waals surface area contributed by atoms with Gasteiger partial charge in [-0.25, -0.2) is 0 Å². The molecule has 0 aliphatic carbocycles. The number of carbonyl (C=O) groups excluding carboxylic acids is 2. The number of carbonyl (C=O) groups is 2. The monoisotopic (exact) mass is 417 g/mol. The summed E-state index contributed by atoms with van der Waals surface area (Å²) in [5.41, 5.74) is 3.13. The molecule has 138 valence electrons. The average Bonchev–Trinajstić information content (AvgIpc) is 2.62. The summed E-state index contributed by atoms with van der Waals surface area (Å²) in [4.78, 5) is 25.9. The SMILES string of the molecule is CCc1ccc(CN(C)CC(=O)NCC(=O)Nc2ccccc2Br)cc1. The van der Waals surface area contributed by atoms with Crippen LogP contribution in [0, 0.1) is 0 Å². The molecule has 2 rings (SSSR count). The molecule has 0 heterocycles. The summed E-state index contributed by atoms with van der Waals surface area (Å²) in [6.07, 6.45) is 1.01. The minimum absolute atomic E-state index is 0.0563. The van der Waals surface area contributed by atoms with Crippen molar-refractivity contribution in [3.8, 4) is 0 Å². The first kappa shape index (κ1) is 20.1. The van der Waals surface area contributed by atoms with E-state index in [0.29, 0.717) is 12.2 Å². The third-order valence-corrected chi connectivity index (χ3v) is 4.58. The molecule has 0 bridgehead atoms.